The number of ether oxygens (including phenoxy) is 3. The van der Waals surface area contributed by atoms with Crippen LogP contribution in [0.5, 0.6) is 17.2 Å². The Kier molecular flexibility index (Phi) is 11.0. The summed E-state index contributed by atoms with van der Waals surface area (Å²) < 4.78 is 17.2. The number of rotatable bonds is 14. The largest absolute Gasteiger partial charge is 0.494 e. The number of carbonyl (C=O) groups is 1. The van der Waals surface area contributed by atoms with Crippen LogP contribution in [0, 0.1) is 0 Å². The molecule has 3 aromatic rings. The van der Waals surface area contributed by atoms with Crippen molar-refractivity contribution in [1.29, 1.82) is 0 Å². The number of nitrogens with zero attached hydrogens (tertiary/aromatic N) is 2. The molecule has 0 saturated heterocycles. The second-order valence-electron chi connectivity index (χ2n) is 9.98. The minimum absolute atomic E-state index is 0.396. The van der Waals surface area contributed by atoms with Gasteiger partial charge in [-0.1, -0.05) is 46.0 Å². The Bertz CT molecular complexity index is 1210. The lowest BCUT2D eigenvalue weighted by Crippen LogP contribution is -2.32. The van der Waals surface area contributed by atoms with E-state index < -0.39 is 5.97 Å². The highest BCUT2D eigenvalue weighted by molar-refractivity contribution is 5.91. The van der Waals surface area contributed by atoms with Gasteiger partial charge in [-0.15, -0.1) is 0 Å². The maximum absolute atomic E-state index is 12.6. The number of fused-ring (bicyclic) bond motifs is 1. The van der Waals surface area contributed by atoms with Crippen LogP contribution in [-0.4, -0.2) is 37.0 Å². The van der Waals surface area contributed by atoms with Gasteiger partial charge in [0.25, 0.3) is 0 Å². The first-order valence-electron chi connectivity index (χ1n) is 14.2. The van der Waals surface area contributed by atoms with Gasteiger partial charge in [0.1, 0.15) is 24.0 Å². The van der Waals surface area contributed by atoms with E-state index in [4.69, 9.17) is 14.2 Å². The number of hydrogen-bond donors (Lipinski definition) is 0. The quantitative estimate of drug-likeness (QED) is 0.0919. The van der Waals surface area contributed by atoms with Crippen LogP contribution in [-0.2, 0) is 6.54 Å². The minimum atomic E-state index is -0.396. The van der Waals surface area contributed by atoms with E-state index in [2.05, 4.69) is 29.8 Å². The fourth-order valence-electron chi connectivity index (χ4n) is 4.40. The van der Waals surface area contributed by atoms with Crippen LogP contribution >= 0.6 is 0 Å². The Hall–Kier alpha value is -3.64. The summed E-state index contributed by atoms with van der Waals surface area (Å²) in [5.74, 6) is 1.80. The van der Waals surface area contributed by atoms with Crippen LogP contribution in [0.4, 0.5) is 5.69 Å². The zero-order chi connectivity index (χ0) is 27.3. The van der Waals surface area contributed by atoms with Gasteiger partial charge in [-0.25, -0.2) is 4.79 Å². The summed E-state index contributed by atoms with van der Waals surface area (Å²) in [6.07, 6.45) is 10.2. The highest BCUT2D eigenvalue weighted by Gasteiger charge is 2.17. The van der Waals surface area contributed by atoms with Gasteiger partial charge in [0.2, 0.25) is 0 Å². The monoisotopic (exact) mass is 528 g/mol. The average Bonchev–Trinajstić information content (AvgIpc) is 2.97. The molecule has 39 heavy (non-hydrogen) atoms. The molecule has 0 aromatic heterocycles. The lowest BCUT2D eigenvalue weighted by atomic mass is 10.1. The number of hydrogen-bond acceptors (Lipinski definition) is 6. The summed E-state index contributed by atoms with van der Waals surface area (Å²) in [7, 11) is 0. The minimum Gasteiger partial charge on any atom is -0.494 e. The van der Waals surface area contributed by atoms with E-state index in [0.29, 0.717) is 24.7 Å². The van der Waals surface area contributed by atoms with Crippen LogP contribution in [0.15, 0.2) is 71.7 Å². The van der Waals surface area contributed by atoms with E-state index >= 15 is 0 Å². The maximum atomic E-state index is 12.6. The van der Waals surface area contributed by atoms with E-state index in [0.717, 1.165) is 47.8 Å². The van der Waals surface area contributed by atoms with E-state index in [-0.39, 0.29) is 0 Å². The third-order valence-electron chi connectivity index (χ3n) is 6.73. The molecule has 0 atom stereocenters. The van der Waals surface area contributed by atoms with E-state index in [9.17, 15) is 4.79 Å². The first kappa shape index (κ1) is 28.4. The second-order valence-corrected chi connectivity index (χ2v) is 9.98. The van der Waals surface area contributed by atoms with Crippen LogP contribution < -0.4 is 14.2 Å². The smallest absolute Gasteiger partial charge is 0.343 e. The van der Waals surface area contributed by atoms with Crippen LogP contribution in [0.3, 0.4) is 0 Å². The molecule has 1 aliphatic heterocycles. The highest BCUT2D eigenvalue weighted by atomic mass is 16.5. The van der Waals surface area contributed by atoms with Crippen molar-refractivity contribution in [2.75, 3.05) is 19.9 Å². The molecule has 0 spiro atoms. The molecule has 6 heteroatoms. The number of carbonyl (C=O) groups excluding carboxylic acids is 1. The fraction of sp³-hybridized carbons (Fsp3) is 0.394. The third-order valence-corrected chi connectivity index (χ3v) is 6.73. The molecule has 206 valence electrons. The van der Waals surface area contributed by atoms with Crippen molar-refractivity contribution in [3.05, 3.63) is 83.4 Å². The van der Waals surface area contributed by atoms with Crippen molar-refractivity contribution in [2.45, 2.75) is 65.3 Å². The van der Waals surface area contributed by atoms with Gasteiger partial charge in [-0.2, -0.15) is 0 Å². The lowest BCUT2D eigenvalue weighted by Gasteiger charge is -2.28. The Morgan fingerprint density at radius 3 is 2.41 bits per heavy atom. The molecule has 1 heterocycles. The third kappa shape index (κ3) is 8.96. The van der Waals surface area contributed by atoms with Gasteiger partial charge >= 0.3 is 5.97 Å². The van der Waals surface area contributed by atoms with Crippen molar-refractivity contribution in [1.82, 2.24) is 4.90 Å². The maximum Gasteiger partial charge on any atom is 0.343 e. The van der Waals surface area contributed by atoms with Crippen LogP contribution in [0.2, 0.25) is 0 Å². The molecular weight excluding hydrogens is 488 g/mol. The average molecular weight is 529 g/mol. The Labute approximate surface area is 232 Å². The second kappa shape index (κ2) is 15.1. The molecule has 0 amide bonds. The lowest BCUT2D eigenvalue weighted by molar-refractivity contribution is 0.0734. The number of unbranched alkanes of at least 4 members (excludes halogenated alkanes) is 5. The van der Waals surface area contributed by atoms with E-state index in [1.165, 1.54) is 38.5 Å². The van der Waals surface area contributed by atoms with E-state index in [1.807, 2.05) is 42.6 Å². The number of aliphatic imine (C=N–C) groups is 1. The molecule has 0 N–H and O–H groups in total. The van der Waals surface area contributed by atoms with Crippen molar-refractivity contribution >= 4 is 17.9 Å². The summed E-state index contributed by atoms with van der Waals surface area (Å²) >= 11 is 0. The molecule has 0 unspecified atom stereocenters. The first-order chi connectivity index (χ1) is 19.1. The van der Waals surface area contributed by atoms with Crippen molar-refractivity contribution < 1.29 is 19.0 Å². The topological polar surface area (TPSA) is 60.4 Å². The van der Waals surface area contributed by atoms with Gasteiger partial charge < -0.3 is 14.2 Å². The molecule has 1 aliphatic rings. The van der Waals surface area contributed by atoms with Crippen molar-refractivity contribution in [3.8, 4) is 17.2 Å². The molecule has 0 fully saturated rings. The standard InChI is InChI=1S/C33H40N2O4/c1-3-5-7-8-9-21-37-30-17-12-27(13-18-30)33(36)39-31-15-10-26(11-16-31)23-34-29-14-19-32-28(22-29)24-35(25-38-32)20-6-4-2/h10-19,22-23H,3-9,20-21,24-25H2,1-2H3. The number of esters is 1. The SMILES string of the molecule is CCCCCCCOc1ccc(C(=O)Oc2ccc(C=Nc3ccc4c(c3)CN(CCCC)CO4)cc2)cc1. The van der Waals surface area contributed by atoms with Crippen molar-refractivity contribution in [2.24, 2.45) is 4.99 Å². The Morgan fingerprint density at radius 1 is 0.897 bits per heavy atom. The Balaban J connectivity index is 1.26. The Morgan fingerprint density at radius 2 is 1.64 bits per heavy atom. The molecule has 0 saturated carbocycles. The highest BCUT2D eigenvalue weighted by Crippen LogP contribution is 2.29. The molecule has 3 aromatic carbocycles. The molecule has 6 nitrogen and oxygen atoms in total. The predicted molar refractivity (Wildman–Crippen MR) is 157 cm³/mol. The molecular formula is C33H40N2O4. The summed E-state index contributed by atoms with van der Waals surface area (Å²) in [4.78, 5) is 19.5. The van der Waals surface area contributed by atoms with Crippen LogP contribution in [0.1, 0.15) is 80.3 Å². The summed E-state index contributed by atoms with van der Waals surface area (Å²) in [5.41, 5.74) is 3.45. The van der Waals surface area contributed by atoms with Gasteiger partial charge in [-0.05, 0) is 85.1 Å². The normalized spacial score (nSPS) is 13.2. The summed E-state index contributed by atoms with van der Waals surface area (Å²) in [6, 6.07) is 20.5. The molecule has 4 rings (SSSR count). The summed E-state index contributed by atoms with van der Waals surface area (Å²) in [6.45, 7) is 7.68. The van der Waals surface area contributed by atoms with Crippen LogP contribution in [0.25, 0.3) is 0 Å². The summed E-state index contributed by atoms with van der Waals surface area (Å²) in [5, 5.41) is 0. The number of benzene rings is 3. The van der Waals surface area contributed by atoms with Crippen molar-refractivity contribution in [3.63, 3.8) is 0 Å². The molecule has 0 bridgehead atoms. The van der Waals surface area contributed by atoms with Gasteiger partial charge in [0, 0.05) is 24.9 Å². The first-order valence-corrected chi connectivity index (χ1v) is 14.2. The molecule has 0 radical (unpaired) electrons. The predicted octanol–water partition coefficient (Wildman–Crippen LogP) is 7.96. The molecule has 0 aliphatic carbocycles. The van der Waals surface area contributed by atoms with Gasteiger partial charge in [0.15, 0.2) is 0 Å². The van der Waals surface area contributed by atoms with E-state index in [1.54, 1.807) is 24.3 Å². The van der Waals surface area contributed by atoms with Gasteiger partial charge in [-0.3, -0.25) is 9.89 Å². The van der Waals surface area contributed by atoms with Gasteiger partial charge in [0.05, 0.1) is 17.9 Å². The fourth-order valence-corrected chi connectivity index (χ4v) is 4.40. The zero-order valence-corrected chi connectivity index (χ0v) is 23.2. The zero-order valence-electron chi connectivity index (χ0n) is 23.2.